The Bertz CT molecular complexity index is 606. The molecule has 1 aromatic carbocycles. The van der Waals surface area contributed by atoms with Gasteiger partial charge in [-0.25, -0.2) is 0 Å². The number of aromatic hydroxyl groups is 1. The Balaban J connectivity index is 1.99. The second-order valence-corrected chi connectivity index (χ2v) is 6.01. The average Bonchev–Trinajstić information content (AvgIpc) is 3.02. The van der Waals surface area contributed by atoms with E-state index in [2.05, 4.69) is 32.7 Å². The van der Waals surface area contributed by atoms with Crippen molar-refractivity contribution >= 4 is 22.6 Å². The molecule has 1 atom stereocenters. The van der Waals surface area contributed by atoms with Crippen molar-refractivity contribution in [3.8, 4) is 17.2 Å². The second-order valence-electron chi connectivity index (χ2n) is 4.77. The van der Waals surface area contributed by atoms with Crippen LogP contribution >= 0.6 is 22.6 Å². The number of phenolic OH excluding ortho intramolecular Hbond substituents is 1. The van der Waals surface area contributed by atoms with Crippen molar-refractivity contribution in [2.24, 2.45) is 0 Å². The fraction of sp³-hybridized carbons (Fsp3) is 0.385. The van der Waals surface area contributed by atoms with Gasteiger partial charge < -0.3 is 14.4 Å². The standard InChI is InChI=1S/C13H13IN2O3/c1-13(5-2-6-18-13)12-15-11(19-16-12)9-7-8(14)3-4-10(9)17/h3-4,7,17H,2,5-6H2,1H3. The van der Waals surface area contributed by atoms with Crippen molar-refractivity contribution in [2.75, 3.05) is 6.61 Å². The Morgan fingerprint density at radius 1 is 1.42 bits per heavy atom. The van der Waals surface area contributed by atoms with Crippen LogP contribution in [0.2, 0.25) is 0 Å². The molecule has 1 unspecified atom stereocenters. The molecule has 3 rings (SSSR count). The van der Waals surface area contributed by atoms with Crippen LogP contribution in [0.5, 0.6) is 5.75 Å². The number of aromatic nitrogens is 2. The molecule has 1 aliphatic rings. The fourth-order valence-electron chi connectivity index (χ4n) is 2.18. The SMILES string of the molecule is CC1(c2noc(-c3cc(I)ccc3O)n2)CCCO1. The van der Waals surface area contributed by atoms with E-state index in [1.54, 1.807) is 6.07 Å². The molecule has 0 spiro atoms. The first-order valence-electron chi connectivity index (χ1n) is 6.05. The van der Waals surface area contributed by atoms with Gasteiger partial charge in [0.2, 0.25) is 5.82 Å². The minimum atomic E-state index is -0.473. The molecule has 100 valence electrons. The third-order valence-electron chi connectivity index (χ3n) is 3.31. The lowest BCUT2D eigenvalue weighted by Gasteiger charge is -2.17. The van der Waals surface area contributed by atoms with E-state index in [9.17, 15) is 5.11 Å². The largest absolute Gasteiger partial charge is 0.507 e. The fourth-order valence-corrected chi connectivity index (χ4v) is 2.67. The van der Waals surface area contributed by atoms with Crippen molar-refractivity contribution < 1.29 is 14.4 Å². The minimum Gasteiger partial charge on any atom is -0.507 e. The molecule has 1 N–H and O–H groups in total. The van der Waals surface area contributed by atoms with Gasteiger partial charge in [0.15, 0.2) is 0 Å². The Morgan fingerprint density at radius 3 is 3.00 bits per heavy atom. The molecule has 1 fully saturated rings. The first-order chi connectivity index (χ1) is 9.08. The van der Waals surface area contributed by atoms with Crippen molar-refractivity contribution in [1.29, 1.82) is 0 Å². The molecular formula is C13H13IN2O3. The van der Waals surface area contributed by atoms with Crippen LogP contribution in [0.4, 0.5) is 0 Å². The van der Waals surface area contributed by atoms with Crippen LogP contribution in [0.15, 0.2) is 22.7 Å². The molecular weight excluding hydrogens is 359 g/mol. The summed E-state index contributed by atoms with van der Waals surface area (Å²) < 4.78 is 11.9. The maximum absolute atomic E-state index is 9.86. The molecule has 5 nitrogen and oxygen atoms in total. The van der Waals surface area contributed by atoms with Crippen molar-refractivity contribution in [1.82, 2.24) is 10.1 Å². The average molecular weight is 372 g/mol. The van der Waals surface area contributed by atoms with Gasteiger partial charge in [-0.15, -0.1) is 0 Å². The van der Waals surface area contributed by atoms with Gasteiger partial charge in [0.1, 0.15) is 11.4 Å². The molecule has 2 aromatic rings. The van der Waals surface area contributed by atoms with Gasteiger partial charge in [-0.1, -0.05) is 5.16 Å². The number of hydrogen-bond acceptors (Lipinski definition) is 5. The van der Waals surface area contributed by atoms with Crippen LogP contribution < -0.4 is 0 Å². The lowest BCUT2D eigenvalue weighted by atomic mass is 10.0. The lowest BCUT2D eigenvalue weighted by molar-refractivity contribution is 0.00768. The number of rotatable bonds is 2. The van der Waals surface area contributed by atoms with Crippen molar-refractivity contribution in [2.45, 2.75) is 25.4 Å². The summed E-state index contributed by atoms with van der Waals surface area (Å²) in [6, 6.07) is 5.25. The highest BCUT2D eigenvalue weighted by atomic mass is 127. The van der Waals surface area contributed by atoms with Gasteiger partial charge in [-0.2, -0.15) is 4.98 Å². The van der Waals surface area contributed by atoms with Gasteiger partial charge in [0.25, 0.3) is 5.89 Å². The molecule has 0 bridgehead atoms. The second kappa shape index (κ2) is 4.75. The van der Waals surface area contributed by atoms with E-state index >= 15 is 0 Å². The van der Waals surface area contributed by atoms with E-state index in [1.807, 2.05) is 19.1 Å². The summed E-state index contributed by atoms with van der Waals surface area (Å²) in [7, 11) is 0. The topological polar surface area (TPSA) is 68.4 Å². The molecule has 1 saturated heterocycles. The van der Waals surface area contributed by atoms with Crippen LogP contribution in [0.25, 0.3) is 11.5 Å². The number of phenols is 1. The molecule has 0 radical (unpaired) electrons. The minimum absolute atomic E-state index is 0.133. The monoisotopic (exact) mass is 372 g/mol. The Labute approximate surface area is 124 Å². The zero-order chi connectivity index (χ0) is 13.5. The summed E-state index contributed by atoms with van der Waals surface area (Å²) in [5.41, 5.74) is 0.0755. The van der Waals surface area contributed by atoms with E-state index in [-0.39, 0.29) is 5.75 Å². The molecule has 0 amide bonds. The zero-order valence-corrected chi connectivity index (χ0v) is 12.5. The van der Waals surface area contributed by atoms with Crippen LogP contribution in [-0.4, -0.2) is 21.9 Å². The summed E-state index contributed by atoms with van der Waals surface area (Å²) in [6.07, 6.45) is 1.87. The first-order valence-corrected chi connectivity index (χ1v) is 7.13. The maximum atomic E-state index is 9.86. The summed E-state index contributed by atoms with van der Waals surface area (Å²) in [4.78, 5) is 4.37. The Kier molecular flexibility index (Phi) is 3.22. The summed E-state index contributed by atoms with van der Waals surface area (Å²) in [6.45, 7) is 2.68. The van der Waals surface area contributed by atoms with Gasteiger partial charge in [-0.3, -0.25) is 0 Å². The van der Waals surface area contributed by atoms with E-state index in [1.165, 1.54) is 0 Å². The lowest BCUT2D eigenvalue weighted by Crippen LogP contribution is -2.21. The molecule has 1 aliphatic heterocycles. The third kappa shape index (κ3) is 2.34. The van der Waals surface area contributed by atoms with E-state index in [0.717, 1.165) is 23.0 Å². The number of nitrogens with zero attached hydrogens (tertiary/aromatic N) is 2. The number of ether oxygens (including phenoxy) is 1. The summed E-state index contributed by atoms with van der Waals surface area (Å²) >= 11 is 2.17. The van der Waals surface area contributed by atoms with Gasteiger partial charge >= 0.3 is 0 Å². The van der Waals surface area contributed by atoms with Crippen LogP contribution in [-0.2, 0) is 10.3 Å². The van der Waals surface area contributed by atoms with Crippen LogP contribution in [0.3, 0.4) is 0 Å². The summed E-state index contributed by atoms with van der Waals surface area (Å²) in [5.74, 6) is 0.995. The maximum Gasteiger partial charge on any atom is 0.261 e. The predicted octanol–water partition coefficient (Wildman–Crippen LogP) is 3.07. The number of halogens is 1. The van der Waals surface area contributed by atoms with Gasteiger partial charge in [0, 0.05) is 10.2 Å². The zero-order valence-electron chi connectivity index (χ0n) is 10.4. The predicted molar refractivity (Wildman–Crippen MR) is 76.7 cm³/mol. The van der Waals surface area contributed by atoms with Crippen molar-refractivity contribution in [3.05, 3.63) is 27.6 Å². The van der Waals surface area contributed by atoms with Crippen LogP contribution in [0.1, 0.15) is 25.6 Å². The Morgan fingerprint density at radius 2 is 2.26 bits per heavy atom. The number of benzene rings is 1. The molecule has 0 saturated carbocycles. The highest BCUT2D eigenvalue weighted by Gasteiger charge is 2.36. The third-order valence-corrected chi connectivity index (χ3v) is 3.98. The van der Waals surface area contributed by atoms with Gasteiger partial charge in [0.05, 0.1) is 5.56 Å². The van der Waals surface area contributed by atoms with Gasteiger partial charge in [-0.05, 0) is 60.6 Å². The normalized spacial score (nSPS) is 22.8. The highest BCUT2D eigenvalue weighted by molar-refractivity contribution is 14.1. The Hall–Kier alpha value is -1.15. The molecule has 6 heteroatoms. The highest BCUT2D eigenvalue weighted by Crippen LogP contribution is 2.36. The number of hydrogen-bond donors (Lipinski definition) is 1. The summed E-state index contributed by atoms with van der Waals surface area (Å²) in [5, 5.41) is 13.9. The first kappa shape index (κ1) is 12.9. The molecule has 2 heterocycles. The molecule has 1 aromatic heterocycles. The quantitative estimate of drug-likeness (QED) is 0.821. The molecule has 0 aliphatic carbocycles. The van der Waals surface area contributed by atoms with Crippen molar-refractivity contribution in [3.63, 3.8) is 0 Å². The van der Waals surface area contributed by atoms with E-state index < -0.39 is 5.60 Å². The van der Waals surface area contributed by atoms with E-state index in [4.69, 9.17) is 9.26 Å². The van der Waals surface area contributed by atoms with E-state index in [0.29, 0.717) is 17.3 Å². The molecule has 19 heavy (non-hydrogen) atoms. The smallest absolute Gasteiger partial charge is 0.261 e. The van der Waals surface area contributed by atoms with Crippen LogP contribution in [0, 0.1) is 3.57 Å².